The van der Waals surface area contributed by atoms with Crippen LogP contribution in [0.1, 0.15) is 90.5 Å². The molecule has 0 radical (unpaired) electrons. The molecule has 4 nitrogen and oxygen atoms in total. The van der Waals surface area contributed by atoms with Gasteiger partial charge < -0.3 is 14.9 Å². The van der Waals surface area contributed by atoms with Crippen LogP contribution in [0.2, 0.25) is 0 Å². The number of benzene rings is 1. The summed E-state index contributed by atoms with van der Waals surface area (Å²) in [6, 6.07) is 10.0. The van der Waals surface area contributed by atoms with E-state index in [1.165, 1.54) is 25.7 Å². The first-order chi connectivity index (χ1) is 16.7. The highest BCUT2D eigenvalue weighted by atomic mass is 16.6. The highest BCUT2D eigenvalue weighted by molar-refractivity contribution is 5.83. The molecule has 4 aliphatic carbocycles. The zero-order valence-corrected chi connectivity index (χ0v) is 22.0. The molecule has 0 heterocycles. The summed E-state index contributed by atoms with van der Waals surface area (Å²) in [7, 11) is 0. The van der Waals surface area contributed by atoms with E-state index >= 15 is 0 Å². The molecule has 5 rings (SSSR count). The maximum atomic E-state index is 13.6. The number of hydrogen-bond acceptors (Lipinski definition) is 4. The highest BCUT2D eigenvalue weighted by Crippen LogP contribution is 2.67. The maximum Gasteiger partial charge on any atom is 0.154 e. The Morgan fingerprint density at radius 3 is 2.49 bits per heavy atom. The fourth-order valence-corrected chi connectivity index (χ4v) is 9.34. The van der Waals surface area contributed by atoms with E-state index < -0.39 is 6.29 Å². The molecule has 194 valence electrons. The second-order valence-electron chi connectivity index (χ2n) is 13.1. The largest absolute Gasteiger partial charge is 0.393 e. The van der Waals surface area contributed by atoms with Crippen LogP contribution in [-0.4, -0.2) is 28.4 Å². The zero-order chi connectivity index (χ0) is 24.8. The molecule has 1 aromatic carbocycles. The third-order valence-corrected chi connectivity index (χ3v) is 11.4. The predicted molar refractivity (Wildman–Crippen MR) is 137 cm³/mol. The maximum absolute atomic E-state index is 13.6. The lowest BCUT2D eigenvalue weighted by atomic mass is 9.44. The van der Waals surface area contributed by atoms with Crippen molar-refractivity contribution in [3.63, 3.8) is 0 Å². The number of ketones is 1. The third kappa shape index (κ3) is 4.64. The number of aliphatic hydroxyl groups is 2. The first-order valence-corrected chi connectivity index (χ1v) is 14.3. The summed E-state index contributed by atoms with van der Waals surface area (Å²) in [5.74, 6) is 3.23. The second kappa shape index (κ2) is 9.91. The smallest absolute Gasteiger partial charge is 0.154 e. The van der Waals surface area contributed by atoms with Crippen LogP contribution < -0.4 is 0 Å². The fourth-order valence-electron chi connectivity index (χ4n) is 9.34. The van der Waals surface area contributed by atoms with Crippen molar-refractivity contribution in [3.8, 4) is 0 Å². The molecule has 4 heteroatoms. The van der Waals surface area contributed by atoms with Gasteiger partial charge in [0.2, 0.25) is 0 Å². The van der Waals surface area contributed by atoms with Crippen LogP contribution >= 0.6 is 0 Å². The summed E-state index contributed by atoms with van der Waals surface area (Å²) in [6.45, 7) is 7.73. The number of Topliss-reactive ketones (excluding diaryl/α,β-unsaturated/α-hetero) is 1. The van der Waals surface area contributed by atoms with Crippen molar-refractivity contribution in [1.82, 2.24) is 0 Å². The summed E-state index contributed by atoms with van der Waals surface area (Å²) in [6.07, 6.45) is 8.95. The lowest BCUT2D eigenvalue weighted by molar-refractivity contribution is -0.161. The van der Waals surface area contributed by atoms with E-state index in [1.807, 2.05) is 30.3 Å². The van der Waals surface area contributed by atoms with Crippen molar-refractivity contribution in [3.05, 3.63) is 35.9 Å². The molecule has 0 saturated heterocycles. The van der Waals surface area contributed by atoms with Gasteiger partial charge in [0.15, 0.2) is 6.29 Å². The molecule has 10 atom stereocenters. The standard InChI is InChI=1S/C31H46O4/c1-20(9-12-28(34)35-19-21-7-5-4-6-8-21)24-10-11-25-29-26(14-16-31(24,25)3)30(2)15-13-23(32)17-22(30)18-27(29)33/h4-8,20,22-26,28-29,32,34H,9-19H2,1-3H3/t20?,22-,23+,24+,25-,26-,28?,29-,30-,31+/m0/s1. The van der Waals surface area contributed by atoms with Gasteiger partial charge in [-0.15, -0.1) is 0 Å². The molecule has 2 N–H and O–H groups in total. The number of rotatable bonds is 7. The van der Waals surface area contributed by atoms with E-state index in [2.05, 4.69) is 20.8 Å². The molecule has 35 heavy (non-hydrogen) atoms. The average molecular weight is 483 g/mol. The molecule has 0 bridgehead atoms. The number of carbonyl (C=O) groups excluding carboxylic acids is 1. The quantitative estimate of drug-likeness (QED) is 0.458. The van der Waals surface area contributed by atoms with Gasteiger partial charge in [-0.1, -0.05) is 51.1 Å². The lowest BCUT2D eigenvalue weighted by Crippen LogP contribution is -2.57. The van der Waals surface area contributed by atoms with Crippen LogP contribution in [0.15, 0.2) is 30.3 Å². The number of carbonyl (C=O) groups is 1. The van der Waals surface area contributed by atoms with E-state index in [1.54, 1.807) is 0 Å². The minimum absolute atomic E-state index is 0.213. The molecule has 0 spiro atoms. The summed E-state index contributed by atoms with van der Waals surface area (Å²) in [5.41, 5.74) is 1.54. The molecule has 4 fully saturated rings. The predicted octanol–water partition coefficient (Wildman–Crippen LogP) is 6.14. The van der Waals surface area contributed by atoms with Crippen molar-refractivity contribution >= 4 is 5.78 Å². The molecule has 2 unspecified atom stereocenters. The van der Waals surface area contributed by atoms with Gasteiger partial charge >= 0.3 is 0 Å². The Hall–Kier alpha value is -1.23. The van der Waals surface area contributed by atoms with Gasteiger partial charge in [0.1, 0.15) is 5.78 Å². The van der Waals surface area contributed by atoms with Crippen LogP contribution in [0, 0.1) is 46.3 Å². The molecule has 4 saturated carbocycles. The topological polar surface area (TPSA) is 66.8 Å². The lowest BCUT2D eigenvalue weighted by Gasteiger charge is -2.60. The minimum Gasteiger partial charge on any atom is -0.393 e. The van der Waals surface area contributed by atoms with E-state index in [0.717, 1.165) is 31.2 Å². The summed E-state index contributed by atoms with van der Waals surface area (Å²) in [4.78, 5) is 13.6. The van der Waals surface area contributed by atoms with Gasteiger partial charge in [-0.2, -0.15) is 0 Å². The van der Waals surface area contributed by atoms with Gasteiger partial charge in [-0.25, -0.2) is 0 Å². The minimum atomic E-state index is -0.725. The number of fused-ring (bicyclic) bond motifs is 5. The third-order valence-electron chi connectivity index (χ3n) is 11.4. The molecule has 1 aromatic rings. The SMILES string of the molecule is CC(CCC(O)OCc1ccccc1)[C@H]1CC[C@H]2[C@@H]3C(=O)C[C@@H]4C[C@H](O)CC[C@]4(C)[C@H]3CC[C@]12C. The highest BCUT2D eigenvalue weighted by Gasteiger charge is 2.63. The van der Waals surface area contributed by atoms with Crippen LogP contribution in [0.3, 0.4) is 0 Å². The Morgan fingerprint density at radius 1 is 1.00 bits per heavy atom. The number of hydrogen-bond donors (Lipinski definition) is 2. The number of aliphatic hydroxyl groups excluding tert-OH is 2. The van der Waals surface area contributed by atoms with Gasteiger partial charge in [0.25, 0.3) is 0 Å². The van der Waals surface area contributed by atoms with E-state index in [-0.39, 0.29) is 22.9 Å². The zero-order valence-electron chi connectivity index (χ0n) is 22.0. The van der Waals surface area contributed by atoms with Gasteiger partial charge in [0.05, 0.1) is 12.7 Å². The normalized spacial score (nSPS) is 42.6. The van der Waals surface area contributed by atoms with E-state index in [0.29, 0.717) is 54.8 Å². The Bertz CT molecular complexity index is 885. The first kappa shape index (κ1) is 25.4. The Kier molecular flexibility index (Phi) is 7.20. The fraction of sp³-hybridized carbons (Fsp3) is 0.774. The molecular formula is C31H46O4. The summed E-state index contributed by atoms with van der Waals surface area (Å²) in [5, 5.41) is 20.7. The van der Waals surface area contributed by atoms with Crippen LogP contribution in [-0.2, 0) is 16.1 Å². The molecule has 0 aliphatic heterocycles. The van der Waals surface area contributed by atoms with Crippen molar-refractivity contribution < 1.29 is 19.7 Å². The Morgan fingerprint density at radius 2 is 1.71 bits per heavy atom. The van der Waals surface area contributed by atoms with Crippen LogP contribution in [0.4, 0.5) is 0 Å². The summed E-state index contributed by atoms with van der Waals surface area (Å²) < 4.78 is 5.72. The Balaban J connectivity index is 1.21. The molecule has 0 amide bonds. The average Bonchev–Trinajstić information content (AvgIpc) is 3.20. The molecule has 0 aromatic heterocycles. The van der Waals surface area contributed by atoms with Crippen molar-refractivity contribution in [2.45, 2.75) is 104 Å². The van der Waals surface area contributed by atoms with Crippen LogP contribution in [0.5, 0.6) is 0 Å². The monoisotopic (exact) mass is 482 g/mol. The van der Waals surface area contributed by atoms with Gasteiger partial charge in [0, 0.05) is 12.3 Å². The van der Waals surface area contributed by atoms with Gasteiger partial charge in [-0.3, -0.25) is 4.79 Å². The second-order valence-corrected chi connectivity index (χ2v) is 13.1. The molecule has 4 aliphatic rings. The number of ether oxygens (including phenoxy) is 1. The van der Waals surface area contributed by atoms with Crippen molar-refractivity contribution in [2.75, 3.05) is 0 Å². The molecular weight excluding hydrogens is 436 g/mol. The van der Waals surface area contributed by atoms with Crippen LogP contribution in [0.25, 0.3) is 0 Å². The van der Waals surface area contributed by atoms with Crippen molar-refractivity contribution in [1.29, 1.82) is 0 Å². The van der Waals surface area contributed by atoms with Gasteiger partial charge in [-0.05, 0) is 104 Å². The first-order valence-electron chi connectivity index (χ1n) is 14.3. The van der Waals surface area contributed by atoms with E-state index in [4.69, 9.17) is 4.74 Å². The summed E-state index contributed by atoms with van der Waals surface area (Å²) >= 11 is 0. The Labute approximate surface area is 211 Å². The van der Waals surface area contributed by atoms with E-state index in [9.17, 15) is 15.0 Å². The van der Waals surface area contributed by atoms with Crippen molar-refractivity contribution in [2.24, 2.45) is 46.3 Å².